The largest absolute Gasteiger partial charge is 1.00 e. The van der Waals surface area contributed by atoms with Crippen molar-refractivity contribution in [1.29, 1.82) is 0 Å². The van der Waals surface area contributed by atoms with Gasteiger partial charge in [0.15, 0.2) is 0 Å². The molecule has 218 valence electrons. The molecule has 4 aliphatic rings. The zero-order valence-corrected chi connectivity index (χ0v) is 29.3. The number of hydrogen-bond acceptors (Lipinski definition) is 0. The molecule has 0 unspecified atom stereocenters. The third-order valence-corrected chi connectivity index (χ3v) is 6.63. The molecule has 4 aliphatic carbocycles. The average Bonchev–Trinajstić information content (AvgIpc) is 2.67. The van der Waals surface area contributed by atoms with Gasteiger partial charge in [0.1, 0.15) is 0 Å². The van der Waals surface area contributed by atoms with Crippen LogP contribution in [0.15, 0.2) is 48.6 Å². The van der Waals surface area contributed by atoms with E-state index >= 15 is 0 Å². The minimum atomic E-state index is 0. The maximum Gasteiger partial charge on any atom is 0 e. The van der Waals surface area contributed by atoms with Crippen LogP contribution in [-0.2, 0) is 40.2 Å². The summed E-state index contributed by atoms with van der Waals surface area (Å²) < 4.78 is 0. The van der Waals surface area contributed by atoms with Gasteiger partial charge in [-0.25, -0.2) is 0 Å². The van der Waals surface area contributed by atoms with Gasteiger partial charge in [-0.2, -0.15) is 0 Å². The van der Waals surface area contributed by atoms with Gasteiger partial charge >= 0.3 is 0 Å². The van der Waals surface area contributed by atoms with Crippen LogP contribution in [0.3, 0.4) is 0 Å². The van der Waals surface area contributed by atoms with E-state index in [-0.39, 0.29) is 65.0 Å². The molecule has 0 saturated carbocycles. The summed E-state index contributed by atoms with van der Waals surface area (Å²) >= 11 is 0. The molecule has 0 aromatic heterocycles. The fraction of sp³-hybridized carbons (Fsp3) is 0.750. The van der Waals surface area contributed by atoms with Crippen LogP contribution in [0.5, 0.6) is 0 Å². The second-order valence-electron chi connectivity index (χ2n) is 9.85. The van der Waals surface area contributed by atoms with Crippen molar-refractivity contribution in [2.75, 3.05) is 0 Å². The maximum atomic E-state index is 2.32. The van der Waals surface area contributed by atoms with Gasteiger partial charge in [0, 0.05) is 40.2 Å². The fourth-order valence-corrected chi connectivity index (χ4v) is 4.45. The van der Waals surface area contributed by atoms with Crippen LogP contribution in [0.25, 0.3) is 0 Å². The van der Waals surface area contributed by atoms with Crippen LogP contribution in [0, 0.1) is 0 Å². The summed E-state index contributed by atoms with van der Waals surface area (Å²) in [5.41, 5.74) is 0. The first-order valence-corrected chi connectivity index (χ1v) is 14.6. The Morgan fingerprint density at radius 1 is 0.194 bits per heavy atom. The maximum absolute atomic E-state index is 2.32. The Kier molecular flexibility index (Phi) is 49.2. The number of allylic oxidation sites excluding steroid dienone is 8. The molecule has 2 radical (unpaired) electrons. The van der Waals surface area contributed by atoms with Crippen molar-refractivity contribution in [2.45, 2.75) is 154 Å². The Morgan fingerprint density at radius 2 is 0.306 bits per heavy atom. The van der Waals surface area contributed by atoms with Gasteiger partial charge < -0.3 is 24.8 Å². The van der Waals surface area contributed by atoms with Crippen molar-refractivity contribution in [2.24, 2.45) is 0 Å². The molecule has 0 atom stereocenters. The number of rotatable bonds is 0. The minimum Gasteiger partial charge on any atom is -1.00 e. The molecule has 0 aliphatic heterocycles. The molecule has 0 fully saturated rings. The van der Waals surface area contributed by atoms with E-state index in [9.17, 15) is 0 Å². The van der Waals surface area contributed by atoms with Crippen molar-refractivity contribution in [3.8, 4) is 0 Å². The molecule has 36 heavy (non-hydrogen) atoms. The fourth-order valence-electron chi connectivity index (χ4n) is 4.45. The van der Waals surface area contributed by atoms with Crippen molar-refractivity contribution in [3.05, 3.63) is 48.6 Å². The van der Waals surface area contributed by atoms with E-state index in [1.165, 1.54) is 154 Å². The van der Waals surface area contributed by atoms with Crippen molar-refractivity contribution in [3.63, 3.8) is 0 Å². The Morgan fingerprint density at radius 3 is 0.417 bits per heavy atom. The topological polar surface area (TPSA) is 0 Å². The smallest absolute Gasteiger partial charge is 0 e. The normalized spacial score (nSPS) is 23.1. The predicted molar refractivity (Wildman–Crippen MR) is 147 cm³/mol. The summed E-state index contributed by atoms with van der Waals surface area (Å²) in [6.07, 6.45) is 52.0. The Bertz CT molecular complexity index is 359. The van der Waals surface area contributed by atoms with Crippen molar-refractivity contribution >= 4 is 0 Å². The molecule has 4 heteroatoms. The first-order valence-electron chi connectivity index (χ1n) is 14.6. The minimum absolute atomic E-state index is 0. The van der Waals surface area contributed by atoms with Gasteiger partial charge in [-0.05, 0) is 103 Å². The molecule has 0 bridgehead atoms. The van der Waals surface area contributed by atoms with Crippen molar-refractivity contribution in [1.82, 2.24) is 0 Å². The van der Waals surface area contributed by atoms with E-state index in [2.05, 4.69) is 48.6 Å². The molecule has 0 N–H and O–H groups in total. The molecular weight excluding hydrogens is 840 g/mol. The SMILES string of the molecule is C1=C\CCCCCC/1.C1=C\CCCCCC/1.C1=C\CCCCCC/1.C1=C\CCCCCC/1.[Cl-].[Cl-].[Ir].[Ir]. The third kappa shape index (κ3) is 37.0. The number of halogens is 2. The van der Waals surface area contributed by atoms with Crippen LogP contribution in [0.2, 0.25) is 0 Å². The standard InChI is InChI=1S/4C8H14.2ClH.2Ir/c4*1-2-4-6-8-7-5-3-1;;;;/h4*1-2H,3-8H2;2*1H;;/p-2/b4*2-1-;;;;. The van der Waals surface area contributed by atoms with Gasteiger partial charge in [0.25, 0.3) is 0 Å². The second-order valence-corrected chi connectivity index (χ2v) is 9.85. The summed E-state index contributed by atoms with van der Waals surface area (Å²) in [7, 11) is 0. The molecule has 0 spiro atoms. The van der Waals surface area contributed by atoms with Gasteiger partial charge in [0.2, 0.25) is 0 Å². The third-order valence-electron chi connectivity index (χ3n) is 6.63. The molecule has 0 aromatic carbocycles. The summed E-state index contributed by atoms with van der Waals surface area (Å²) in [6.45, 7) is 0. The van der Waals surface area contributed by atoms with Crippen LogP contribution >= 0.6 is 0 Å². The zero-order chi connectivity index (χ0) is 22.6. The van der Waals surface area contributed by atoms with E-state index in [0.29, 0.717) is 0 Å². The molecular formula is C32H56Cl2Ir2-2. The second kappa shape index (κ2) is 40.3. The van der Waals surface area contributed by atoms with Crippen LogP contribution in [0.4, 0.5) is 0 Å². The Hall–Kier alpha value is 0.839. The van der Waals surface area contributed by atoms with E-state index in [1.807, 2.05) is 0 Å². The molecule has 0 saturated heterocycles. The van der Waals surface area contributed by atoms with Crippen LogP contribution < -0.4 is 24.8 Å². The monoisotopic (exact) mass is 896 g/mol. The first kappa shape index (κ1) is 43.9. The first-order chi connectivity index (χ1) is 16.0. The van der Waals surface area contributed by atoms with E-state index < -0.39 is 0 Å². The molecule has 0 heterocycles. The summed E-state index contributed by atoms with van der Waals surface area (Å²) in [6, 6.07) is 0. The van der Waals surface area contributed by atoms with Crippen LogP contribution in [0.1, 0.15) is 154 Å². The Labute approximate surface area is 266 Å². The molecule has 4 rings (SSSR count). The summed E-state index contributed by atoms with van der Waals surface area (Å²) in [5, 5.41) is 0. The summed E-state index contributed by atoms with van der Waals surface area (Å²) in [4.78, 5) is 0. The predicted octanol–water partition coefficient (Wildman–Crippen LogP) is 5.59. The molecule has 0 nitrogen and oxygen atoms in total. The van der Waals surface area contributed by atoms with E-state index in [4.69, 9.17) is 0 Å². The molecule has 0 aromatic rings. The van der Waals surface area contributed by atoms with E-state index in [1.54, 1.807) is 0 Å². The van der Waals surface area contributed by atoms with Gasteiger partial charge in [-0.1, -0.05) is 100.0 Å². The van der Waals surface area contributed by atoms with Gasteiger partial charge in [-0.3, -0.25) is 0 Å². The van der Waals surface area contributed by atoms with E-state index in [0.717, 1.165) is 0 Å². The molecule has 0 amide bonds. The van der Waals surface area contributed by atoms with Crippen molar-refractivity contribution < 1.29 is 65.0 Å². The Balaban J connectivity index is -0.000000183. The van der Waals surface area contributed by atoms with Crippen LogP contribution in [-0.4, -0.2) is 0 Å². The quantitative estimate of drug-likeness (QED) is 0.279. The van der Waals surface area contributed by atoms with Gasteiger partial charge in [0.05, 0.1) is 0 Å². The summed E-state index contributed by atoms with van der Waals surface area (Å²) in [5.74, 6) is 0. The zero-order valence-electron chi connectivity index (χ0n) is 23.0. The number of hydrogen-bond donors (Lipinski definition) is 0. The average molecular weight is 896 g/mol. The van der Waals surface area contributed by atoms with Gasteiger partial charge in [-0.15, -0.1) is 0 Å².